The lowest BCUT2D eigenvalue weighted by atomic mass is 10.4. The van der Waals surface area contributed by atoms with E-state index in [9.17, 15) is 10.1 Å². The molecule has 88 valence electrons. The van der Waals surface area contributed by atoms with E-state index in [1.807, 2.05) is 19.0 Å². The summed E-state index contributed by atoms with van der Waals surface area (Å²) >= 11 is 5.57. The van der Waals surface area contributed by atoms with Crippen LogP contribution in [0, 0.1) is 10.1 Å². The van der Waals surface area contributed by atoms with Gasteiger partial charge in [0.05, 0.1) is 4.92 Å². The molecular weight excluding hydrogens is 234 g/mol. The molecule has 0 aliphatic heterocycles. The van der Waals surface area contributed by atoms with Gasteiger partial charge >= 0.3 is 5.69 Å². The molecule has 0 aromatic carbocycles. The number of anilines is 1. The fraction of sp³-hybridized carbons (Fsp3) is 0.500. The molecule has 0 fully saturated rings. The molecule has 0 saturated carbocycles. The first-order valence-electron chi connectivity index (χ1n) is 4.56. The van der Waals surface area contributed by atoms with E-state index in [1.165, 1.54) is 0 Å². The van der Waals surface area contributed by atoms with Crippen molar-refractivity contribution in [2.24, 2.45) is 0 Å². The number of hydrogen-bond acceptors (Lipinski definition) is 6. The lowest BCUT2D eigenvalue weighted by molar-refractivity contribution is -0.384. The molecule has 0 aliphatic rings. The number of likely N-dealkylation sites (N-methyl/N-ethyl adjacent to an activating group) is 1. The number of nitro groups is 1. The molecule has 1 aromatic heterocycles. The highest BCUT2D eigenvalue weighted by molar-refractivity contribution is 6.28. The molecule has 0 unspecified atom stereocenters. The lowest BCUT2D eigenvalue weighted by Gasteiger charge is -2.10. The maximum absolute atomic E-state index is 10.7. The molecule has 0 aliphatic carbocycles. The van der Waals surface area contributed by atoms with Gasteiger partial charge in [0.25, 0.3) is 0 Å². The molecule has 16 heavy (non-hydrogen) atoms. The van der Waals surface area contributed by atoms with Crippen molar-refractivity contribution < 1.29 is 4.92 Å². The number of halogens is 1. The summed E-state index contributed by atoms with van der Waals surface area (Å²) in [7, 11) is 3.81. The number of rotatable bonds is 5. The minimum absolute atomic E-state index is 0.0158. The minimum atomic E-state index is -0.547. The van der Waals surface area contributed by atoms with E-state index in [1.54, 1.807) is 0 Å². The Morgan fingerprint density at radius 1 is 1.62 bits per heavy atom. The molecule has 1 rings (SSSR count). The van der Waals surface area contributed by atoms with Gasteiger partial charge in [0.2, 0.25) is 11.1 Å². The Balaban J connectivity index is 2.76. The van der Waals surface area contributed by atoms with Crippen LogP contribution < -0.4 is 5.32 Å². The lowest BCUT2D eigenvalue weighted by Crippen LogP contribution is -2.21. The molecule has 8 heteroatoms. The topological polar surface area (TPSA) is 84.2 Å². The Morgan fingerprint density at radius 3 is 2.88 bits per heavy atom. The number of nitrogens with one attached hydrogen (secondary N) is 1. The van der Waals surface area contributed by atoms with Crippen LogP contribution in [0.1, 0.15) is 0 Å². The Bertz CT molecular complexity index is 385. The van der Waals surface area contributed by atoms with Crippen molar-refractivity contribution in [3.63, 3.8) is 0 Å². The first-order chi connectivity index (χ1) is 7.50. The molecule has 1 N–H and O–H groups in total. The molecule has 1 heterocycles. The molecule has 0 radical (unpaired) electrons. The second kappa shape index (κ2) is 5.57. The minimum Gasteiger partial charge on any atom is -0.363 e. The van der Waals surface area contributed by atoms with Gasteiger partial charge in [0.1, 0.15) is 6.20 Å². The smallest absolute Gasteiger partial charge is 0.329 e. The van der Waals surface area contributed by atoms with Crippen LogP contribution in [-0.4, -0.2) is 47.0 Å². The van der Waals surface area contributed by atoms with E-state index in [-0.39, 0.29) is 16.8 Å². The van der Waals surface area contributed by atoms with Gasteiger partial charge in [-0.1, -0.05) is 0 Å². The van der Waals surface area contributed by atoms with Crippen molar-refractivity contribution in [2.75, 3.05) is 32.5 Å². The van der Waals surface area contributed by atoms with E-state index in [0.29, 0.717) is 6.54 Å². The van der Waals surface area contributed by atoms with Crippen molar-refractivity contribution >= 4 is 23.1 Å². The number of nitrogens with zero attached hydrogens (tertiary/aromatic N) is 4. The summed E-state index contributed by atoms with van der Waals surface area (Å²) in [6.07, 6.45) is 1.09. The molecule has 0 amide bonds. The third-order valence-electron chi connectivity index (χ3n) is 1.79. The molecule has 0 saturated heterocycles. The molecule has 0 spiro atoms. The number of aromatic nitrogens is 2. The summed E-state index contributed by atoms with van der Waals surface area (Å²) < 4.78 is 0. The summed E-state index contributed by atoms with van der Waals surface area (Å²) in [6.45, 7) is 1.28. The van der Waals surface area contributed by atoms with E-state index in [4.69, 9.17) is 11.6 Å². The predicted octanol–water partition coefficient (Wildman–Crippen LogP) is 1.01. The van der Waals surface area contributed by atoms with Gasteiger partial charge in [-0.05, 0) is 25.7 Å². The van der Waals surface area contributed by atoms with Crippen molar-refractivity contribution in [1.82, 2.24) is 14.9 Å². The first kappa shape index (κ1) is 12.6. The van der Waals surface area contributed by atoms with Crippen molar-refractivity contribution in [3.8, 4) is 0 Å². The number of hydrogen-bond donors (Lipinski definition) is 1. The van der Waals surface area contributed by atoms with Crippen LogP contribution in [0.3, 0.4) is 0 Å². The summed E-state index contributed by atoms with van der Waals surface area (Å²) in [6, 6.07) is 0. The van der Waals surface area contributed by atoms with Gasteiger partial charge in [-0.25, -0.2) is 4.98 Å². The van der Waals surface area contributed by atoms with E-state index in [2.05, 4.69) is 15.3 Å². The highest BCUT2D eigenvalue weighted by Gasteiger charge is 2.16. The van der Waals surface area contributed by atoms with Crippen LogP contribution >= 0.6 is 11.6 Å². The normalized spacial score (nSPS) is 10.5. The zero-order valence-electron chi connectivity index (χ0n) is 8.97. The van der Waals surface area contributed by atoms with E-state index in [0.717, 1.165) is 12.7 Å². The average Bonchev–Trinajstić information content (AvgIpc) is 2.16. The molecule has 7 nitrogen and oxygen atoms in total. The predicted molar refractivity (Wildman–Crippen MR) is 60.7 cm³/mol. The molecule has 0 atom stereocenters. The quantitative estimate of drug-likeness (QED) is 0.474. The van der Waals surface area contributed by atoms with Crippen LogP contribution in [0.4, 0.5) is 11.5 Å². The standard InChI is InChI=1S/C8H12ClN5O2/c1-13(2)4-3-10-7-6(14(15)16)5-11-8(9)12-7/h5H,3-4H2,1-2H3,(H,10,11,12). The van der Waals surface area contributed by atoms with Gasteiger partial charge in [-0.2, -0.15) is 4.98 Å². The summed E-state index contributed by atoms with van der Waals surface area (Å²) in [4.78, 5) is 19.4. The van der Waals surface area contributed by atoms with Crippen LogP contribution in [0.25, 0.3) is 0 Å². The molecule has 0 bridgehead atoms. The Labute approximate surface area is 97.6 Å². The SMILES string of the molecule is CN(C)CCNc1nc(Cl)ncc1[N+](=O)[O-]. The maximum Gasteiger partial charge on any atom is 0.329 e. The zero-order valence-corrected chi connectivity index (χ0v) is 9.73. The summed E-state index contributed by atoms with van der Waals surface area (Å²) in [5.74, 6) is 0.145. The van der Waals surface area contributed by atoms with E-state index < -0.39 is 4.92 Å². The Morgan fingerprint density at radius 2 is 2.31 bits per heavy atom. The Kier molecular flexibility index (Phi) is 4.39. The van der Waals surface area contributed by atoms with Gasteiger partial charge in [0, 0.05) is 13.1 Å². The summed E-state index contributed by atoms with van der Waals surface area (Å²) in [5.41, 5.74) is -0.178. The highest BCUT2D eigenvalue weighted by atomic mass is 35.5. The highest BCUT2D eigenvalue weighted by Crippen LogP contribution is 2.21. The fourth-order valence-electron chi connectivity index (χ4n) is 1.02. The molecular formula is C8H12ClN5O2. The zero-order chi connectivity index (χ0) is 12.1. The van der Waals surface area contributed by atoms with Crippen molar-refractivity contribution in [1.29, 1.82) is 0 Å². The average molecular weight is 246 g/mol. The van der Waals surface area contributed by atoms with Crippen molar-refractivity contribution in [2.45, 2.75) is 0 Å². The van der Waals surface area contributed by atoms with Crippen molar-refractivity contribution in [3.05, 3.63) is 21.6 Å². The van der Waals surface area contributed by atoms with Gasteiger partial charge < -0.3 is 10.2 Å². The monoisotopic (exact) mass is 245 g/mol. The molecule has 1 aromatic rings. The summed E-state index contributed by atoms with van der Waals surface area (Å²) in [5, 5.41) is 13.5. The van der Waals surface area contributed by atoms with Gasteiger partial charge in [0.15, 0.2) is 0 Å². The second-order valence-corrected chi connectivity index (χ2v) is 3.70. The maximum atomic E-state index is 10.7. The van der Waals surface area contributed by atoms with Gasteiger partial charge in [-0.3, -0.25) is 10.1 Å². The van der Waals surface area contributed by atoms with Crippen LogP contribution in [0.2, 0.25) is 5.28 Å². The fourth-order valence-corrected chi connectivity index (χ4v) is 1.15. The van der Waals surface area contributed by atoms with Crippen LogP contribution in [0.15, 0.2) is 6.20 Å². The largest absolute Gasteiger partial charge is 0.363 e. The van der Waals surface area contributed by atoms with Gasteiger partial charge in [-0.15, -0.1) is 0 Å². The Hall–Kier alpha value is -1.47. The third kappa shape index (κ3) is 3.59. The van der Waals surface area contributed by atoms with E-state index >= 15 is 0 Å². The van der Waals surface area contributed by atoms with Crippen LogP contribution in [-0.2, 0) is 0 Å². The second-order valence-electron chi connectivity index (χ2n) is 3.36. The first-order valence-corrected chi connectivity index (χ1v) is 4.94. The third-order valence-corrected chi connectivity index (χ3v) is 1.97. The van der Waals surface area contributed by atoms with Crippen LogP contribution in [0.5, 0.6) is 0 Å².